The van der Waals surface area contributed by atoms with Gasteiger partial charge in [-0.15, -0.1) is 0 Å². The summed E-state index contributed by atoms with van der Waals surface area (Å²) in [7, 11) is 0. The van der Waals surface area contributed by atoms with Crippen LogP contribution in [0.5, 0.6) is 0 Å². The highest BCUT2D eigenvalue weighted by molar-refractivity contribution is 6.31. The van der Waals surface area contributed by atoms with Gasteiger partial charge in [-0.3, -0.25) is 4.79 Å². The summed E-state index contributed by atoms with van der Waals surface area (Å²) in [6.07, 6.45) is 0. The molecule has 0 saturated heterocycles. The van der Waals surface area contributed by atoms with E-state index in [-0.39, 0.29) is 11.6 Å². The minimum absolute atomic E-state index is 0.0254. The molecule has 2 aromatic carbocycles. The largest absolute Gasteiger partial charge is 0.422 e. The molecule has 116 valence electrons. The van der Waals surface area contributed by atoms with Crippen molar-refractivity contribution in [1.82, 2.24) is 5.32 Å². The van der Waals surface area contributed by atoms with E-state index in [9.17, 15) is 9.59 Å². The zero-order valence-electron chi connectivity index (χ0n) is 12.4. The molecule has 0 aliphatic rings. The van der Waals surface area contributed by atoms with Gasteiger partial charge in [0, 0.05) is 10.4 Å². The summed E-state index contributed by atoms with van der Waals surface area (Å²) < 4.78 is 5.18. The molecule has 3 rings (SSSR count). The second-order valence-corrected chi connectivity index (χ2v) is 5.61. The lowest BCUT2D eigenvalue weighted by Gasteiger charge is -2.15. The van der Waals surface area contributed by atoms with Crippen molar-refractivity contribution < 1.29 is 9.21 Å². The number of nitrogens with one attached hydrogen (secondary N) is 1. The Labute approximate surface area is 137 Å². The maximum absolute atomic E-state index is 12.4. The maximum atomic E-state index is 12.4. The van der Waals surface area contributed by atoms with Crippen LogP contribution in [0.2, 0.25) is 5.02 Å². The second kappa shape index (κ2) is 6.26. The molecule has 0 spiro atoms. The van der Waals surface area contributed by atoms with Gasteiger partial charge in [0.2, 0.25) is 0 Å². The third-order valence-corrected chi connectivity index (χ3v) is 3.95. The van der Waals surface area contributed by atoms with E-state index < -0.39 is 11.5 Å². The fourth-order valence-electron chi connectivity index (χ4n) is 2.40. The fourth-order valence-corrected chi connectivity index (χ4v) is 2.70. The molecule has 0 saturated carbocycles. The Morgan fingerprint density at radius 3 is 2.61 bits per heavy atom. The van der Waals surface area contributed by atoms with Crippen molar-refractivity contribution >= 4 is 28.5 Å². The molecule has 0 fully saturated rings. The van der Waals surface area contributed by atoms with E-state index in [0.717, 1.165) is 5.56 Å². The molecular formula is C18H14ClNO3. The monoisotopic (exact) mass is 327 g/mol. The van der Waals surface area contributed by atoms with Crippen LogP contribution in [0.1, 0.15) is 28.9 Å². The van der Waals surface area contributed by atoms with Crippen LogP contribution in [0, 0.1) is 0 Å². The van der Waals surface area contributed by atoms with Crippen LogP contribution in [-0.2, 0) is 0 Å². The van der Waals surface area contributed by atoms with Crippen LogP contribution >= 0.6 is 11.6 Å². The Bertz CT molecular complexity index is 933. The second-order valence-electron chi connectivity index (χ2n) is 5.20. The van der Waals surface area contributed by atoms with Gasteiger partial charge in [-0.1, -0.05) is 48.0 Å². The molecule has 1 atom stereocenters. The highest BCUT2D eigenvalue weighted by atomic mass is 35.5. The van der Waals surface area contributed by atoms with E-state index in [1.165, 1.54) is 6.07 Å². The van der Waals surface area contributed by atoms with Crippen LogP contribution < -0.4 is 10.9 Å². The third kappa shape index (κ3) is 3.12. The fraction of sp³-hybridized carbons (Fsp3) is 0.111. The highest BCUT2D eigenvalue weighted by Crippen LogP contribution is 2.22. The Balaban J connectivity index is 1.90. The molecule has 1 unspecified atom stereocenters. The topological polar surface area (TPSA) is 59.3 Å². The van der Waals surface area contributed by atoms with Gasteiger partial charge in [0.05, 0.1) is 6.04 Å². The summed E-state index contributed by atoms with van der Waals surface area (Å²) in [6, 6.07) is 15.5. The molecule has 0 bridgehead atoms. The summed E-state index contributed by atoms with van der Waals surface area (Å²) in [5.74, 6) is -0.489. The van der Waals surface area contributed by atoms with Crippen LogP contribution in [-0.4, -0.2) is 5.91 Å². The summed E-state index contributed by atoms with van der Waals surface area (Å²) in [5, 5.41) is 4.03. The van der Waals surface area contributed by atoms with Gasteiger partial charge in [0.1, 0.15) is 11.1 Å². The molecule has 0 aliphatic heterocycles. The number of halogens is 1. The molecular weight excluding hydrogens is 314 g/mol. The Hall–Kier alpha value is -2.59. The number of rotatable bonds is 3. The van der Waals surface area contributed by atoms with E-state index in [1.807, 2.05) is 31.2 Å². The van der Waals surface area contributed by atoms with Crippen molar-refractivity contribution in [3.8, 4) is 0 Å². The molecule has 1 heterocycles. The average molecular weight is 328 g/mol. The molecule has 5 heteroatoms. The van der Waals surface area contributed by atoms with Gasteiger partial charge in [-0.25, -0.2) is 4.79 Å². The molecule has 0 aliphatic carbocycles. The Kier molecular flexibility index (Phi) is 4.17. The number of benzene rings is 2. The minimum atomic E-state index is -0.660. The van der Waals surface area contributed by atoms with Crippen molar-refractivity contribution in [2.75, 3.05) is 0 Å². The van der Waals surface area contributed by atoms with E-state index >= 15 is 0 Å². The first-order valence-electron chi connectivity index (χ1n) is 7.14. The maximum Gasteiger partial charge on any atom is 0.349 e. The lowest BCUT2D eigenvalue weighted by molar-refractivity contribution is 0.0936. The first-order valence-corrected chi connectivity index (χ1v) is 7.52. The Morgan fingerprint density at radius 1 is 1.13 bits per heavy atom. The normalized spacial score (nSPS) is 12.1. The predicted octanol–water partition coefficient (Wildman–Crippen LogP) is 3.94. The summed E-state index contributed by atoms with van der Waals surface area (Å²) in [5.41, 5.74) is 0.552. The van der Waals surface area contributed by atoms with Crippen LogP contribution in [0.3, 0.4) is 0 Å². The number of fused-ring (bicyclic) bond motifs is 1. The van der Waals surface area contributed by atoms with Crippen LogP contribution in [0.25, 0.3) is 11.0 Å². The highest BCUT2D eigenvalue weighted by Gasteiger charge is 2.17. The number of hydrogen-bond donors (Lipinski definition) is 1. The first kappa shape index (κ1) is 15.3. The molecule has 4 nitrogen and oxygen atoms in total. The van der Waals surface area contributed by atoms with E-state index in [2.05, 4.69) is 5.32 Å². The predicted molar refractivity (Wildman–Crippen MR) is 89.8 cm³/mol. The van der Waals surface area contributed by atoms with E-state index in [0.29, 0.717) is 16.0 Å². The summed E-state index contributed by atoms with van der Waals surface area (Å²) in [4.78, 5) is 24.4. The number of carbonyl (C=O) groups excluding carboxylic acids is 1. The lowest BCUT2D eigenvalue weighted by Crippen LogP contribution is -2.30. The number of amides is 1. The first-order chi connectivity index (χ1) is 11.1. The summed E-state index contributed by atoms with van der Waals surface area (Å²) >= 11 is 6.13. The quantitative estimate of drug-likeness (QED) is 0.741. The minimum Gasteiger partial charge on any atom is -0.422 e. The molecule has 0 radical (unpaired) electrons. The van der Waals surface area contributed by atoms with Crippen molar-refractivity contribution in [2.24, 2.45) is 0 Å². The van der Waals surface area contributed by atoms with Crippen molar-refractivity contribution in [1.29, 1.82) is 0 Å². The number of carbonyl (C=O) groups is 1. The SMILES string of the molecule is CC(NC(=O)c1cc2ccccc2oc1=O)c1ccccc1Cl. The lowest BCUT2D eigenvalue weighted by atomic mass is 10.1. The zero-order chi connectivity index (χ0) is 16.4. The average Bonchev–Trinajstić information content (AvgIpc) is 2.54. The van der Waals surface area contributed by atoms with Crippen molar-refractivity contribution in [2.45, 2.75) is 13.0 Å². The van der Waals surface area contributed by atoms with Gasteiger partial charge < -0.3 is 9.73 Å². The number of hydrogen-bond acceptors (Lipinski definition) is 3. The smallest absolute Gasteiger partial charge is 0.349 e. The van der Waals surface area contributed by atoms with Gasteiger partial charge in [-0.2, -0.15) is 0 Å². The Morgan fingerprint density at radius 2 is 1.83 bits per heavy atom. The third-order valence-electron chi connectivity index (χ3n) is 3.61. The van der Waals surface area contributed by atoms with Crippen LogP contribution in [0.15, 0.2) is 63.8 Å². The zero-order valence-corrected chi connectivity index (χ0v) is 13.1. The number of para-hydroxylation sites is 1. The van der Waals surface area contributed by atoms with E-state index in [4.69, 9.17) is 16.0 Å². The van der Waals surface area contributed by atoms with Gasteiger partial charge >= 0.3 is 5.63 Å². The van der Waals surface area contributed by atoms with Gasteiger partial charge in [-0.05, 0) is 30.7 Å². The summed E-state index contributed by atoms with van der Waals surface area (Å²) in [6.45, 7) is 1.81. The van der Waals surface area contributed by atoms with Gasteiger partial charge in [0.25, 0.3) is 5.91 Å². The molecule has 1 amide bonds. The molecule has 1 aromatic heterocycles. The van der Waals surface area contributed by atoms with Crippen molar-refractivity contribution in [3.63, 3.8) is 0 Å². The van der Waals surface area contributed by atoms with Crippen LogP contribution in [0.4, 0.5) is 0 Å². The van der Waals surface area contributed by atoms with Crippen molar-refractivity contribution in [3.05, 3.63) is 81.2 Å². The molecule has 1 N–H and O–H groups in total. The van der Waals surface area contributed by atoms with E-state index in [1.54, 1.807) is 24.3 Å². The van der Waals surface area contributed by atoms with Gasteiger partial charge in [0.15, 0.2) is 0 Å². The molecule has 23 heavy (non-hydrogen) atoms. The molecule has 3 aromatic rings. The standard InChI is InChI=1S/C18H14ClNO3/c1-11(13-7-3-4-8-15(13)19)20-17(21)14-10-12-6-2-5-9-16(12)23-18(14)22/h2-11H,1H3,(H,20,21).